The predicted molar refractivity (Wildman–Crippen MR) is 80.8 cm³/mol. The molecule has 0 spiro atoms. The van der Waals surface area contributed by atoms with Crippen molar-refractivity contribution in [1.82, 2.24) is 4.90 Å². The smallest absolute Gasteiger partial charge is 0.305 e. The molecular weight excluding hydrogens is 256 g/mol. The van der Waals surface area contributed by atoms with Gasteiger partial charge in [0, 0.05) is 19.6 Å². The zero-order chi connectivity index (χ0) is 15.1. The normalized spacial score (nSPS) is 10.7. The highest BCUT2D eigenvalue weighted by atomic mass is 16.5. The maximum absolute atomic E-state index is 10.8. The molecule has 112 valence electrons. The van der Waals surface area contributed by atoms with E-state index in [0.717, 1.165) is 30.1 Å². The van der Waals surface area contributed by atoms with Gasteiger partial charge in [-0.15, -0.1) is 0 Å². The quantitative estimate of drug-likeness (QED) is 0.787. The van der Waals surface area contributed by atoms with Gasteiger partial charge in [-0.1, -0.05) is 6.07 Å². The first-order valence-corrected chi connectivity index (χ1v) is 6.70. The molecule has 0 fully saturated rings. The maximum atomic E-state index is 10.8. The van der Waals surface area contributed by atoms with Crippen LogP contribution in [-0.2, 0) is 4.79 Å². The Kier molecular flexibility index (Phi) is 6.31. The van der Waals surface area contributed by atoms with E-state index >= 15 is 0 Å². The van der Waals surface area contributed by atoms with Crippen molar-refractivity contribution in [2.45, 2.75) is 13.3 Å². The van der Waals surface area contributed by atoms with Crippen LogP contribution in [-0.4, -0.2) is 56.8 Å². The number of nitrogens with zero attached hydrogens (tertiary/aromatic N) is 2. The molecule has 0 amide bonds. The average Bonchev–Trinajstić information content (AvgIpc) is 2.38. The van der Waals surface area contributed by atoms with E-state index in [0.29, 0.717) is 6.54 Å². The third-order valence-electron chi connectivity index (χ3n) is 3.09. The largest absolute Gasteiger partial charge is 0.495 e. The molecule has 0 aromatic heterocycles. The Morgan fingerprint density at radius 1 is 1.25 bits per heavy atom. The standard InChI is InChI=1S/C15H24N2O3/c1-12-5-6-14(20-4)13(11-12)17(8-7-15(18)19)10-9-16(2)3/h5-6,11H,7-10H2,1-4H3,(H,18,19). The number of aryl methyl sites for hydroxylation is 1. The summed E-state index contributed by atoms with van der Waals surface area (Å²) in [6.07, 6.45) is 0.116. The fraction of sp³-hybridized carbons (Fsp3) is 0.533. The molecule has 0 aliphatic carbocycles. The molecule has 20 heavy (non-hydrogen) atoms. The van der Waals surface area contributed by atoms with E-state index in [-0.39, 0.29) is 6.42 Å². The van der Waals surface area contributed by atoms with Gasteiger partial charge in [-0.2, -0.15) is 0 Å². The molecule has 0 atom stereocenters. The van der Waals surface area contributed by atoms with Crippen LogP contribution >= 0.6 is 0 Å². The number of anilines is 1. The number of aliphatic carboxylic acids is 1. The minimum Gasteiger partial charge on any atom is -0.495 e. The summed E-state index contributed by atoms with van der Waals surface area (Å²) in [6.45, 7) is 4.12. The van der Waals surface area contributed by atoms with Crippen LogP contribution < -0.4 is 9.64 Å². The molecule has 5 nitrogen and oxygen atoms in total. The molecule has 0 aliphatic heterocycles. The van der Waals surface area contributed by atoms with Crippen LogP contribution in [0, 0.1) is 6.92 Å². The molecule has 0 radical (unpaired) electrons. The molecule has 0 aliphatic rings. The Balaban J connectivity index is 2.95. The monoisotopic (exact) mass is 280 g/mol. The van der Waals surface area contributed by atoms with Crippen molar-refractivity contribution < 1.29 is 14.6 Å². The van der Waals surface area contributed by atoms with E-state index < -0.39 is 5.97 Å². The van der Waals surface area contributed by atoms with Gasteiger partial charge in [0.05, 0.1) is 19.2 Å². The summed E-state index contributed by atoms with van der Waals surface area (Å²) in [5, 5.41) is 8.90. The van der Waals surface area contributed by atoms with Gasteiger partial charge in [0.1, 0.15) is 5.75 Å². The van der Waals surface area contributed by atoms with Gasteiger partial charge in [0.15, 0.2) is 0 Å². The lowest BCUT2D eigenvalue weighted by atomic mass is 10.2. The van der Waals surface area contributed by atoms with E-state index in [4.69, 9.17) is 9.84 Å². The minimum atomic E-state index is -0.786. The van der Waals surface area contributed by atoms with E-state index in [1.807, 2.05) is 39.2 Å². The van der Waals surface area contributed by atoms with E-state index in [9.17, 15) is 4.79 Å². The third kappa shape index (κ3) is 5.09. The Hall–Kier alpha value is -1.75. The Bertz CT molecular complexity index is 447. The Labute approximate surface area is 120 Å². The number of likely N-dealkylation sites (N-methyl/N-ethyl adjacent to an activating group) is 1. The van der Waals surface area contributed by atoms with Crippen molar-refractivity contribution in [2.24, 2.45) is 0 Å². The molecule has 0 saturated heterocycles. The van der Waals surface area contributed by atoms with Gasteiger partial charge in [0.2, 0.25) is 0 Å². The van der Waals surface area contributed by atoms with E-state index in [1.54, 1.807) is 7.11 Å². The lowest BCUT2D eigenvalue weighted by Gasteiger charge is -2.27. The summed E-state index contributed by atoms with van der Waals surface area (Å²) in [6, 6.07) is 5.95. The molecule has 0 unspecified atom stereocenters. The number of carbonyl (C=O) groups is 1. The van der Waals surface area contributed by atoms with Gasteiger partial charge in [0.25, 0.3) is 0 Å². The highest BCUT2D eigenvalue weighted by molar-refractivity contribution is 5.68. The fourth-order valence-corrected chi connectivity index (χ4v) is 1.95. The van der Waals surface area contributed by atoms with Crippen LogP contribution in [0.3, 0.4) is 0 Å². The number of rotatable bonds is 8. The van der Waals surface area contributed by atoms with Gasteiger partial charge < -0.3 is 19.6 Å². The fourth-order valence-electron chi connectivity index (χ4n) is 1.95. The number of benzene rings is 1. The second-order valence-electron chi connectivity index (χ2n) is 5.11. The van der Waals surface area contributed by atoms with Gasteiger partial charge in [-0.3, -0.25) is 4.79 Å². The first kappa shape index (κ1) is 16.3. The van der Waals surface area contributed by atoms with Gasteiger partial charge in [-0.25, -0.2) is 0 Å². The molecule has 0 heterocycles. The van der Waals surface area contributed by atoms with Crippen LogP contribution in [0.2, 0.25) is 0 Å². The zero-order valence-electron chi connectivity index (χ0n) is 12.7. The van der Waals surface area contributed by atoms with Crippen molar-refractivity contribution >= 4 is 11.7 Å². The summed E-state index contributed by atoms with van der Waals surface area (Å²) in [4.78, 5) is 15.0. The zero-order valence-corrected chi connectivity index (χ0v) is 12.7. The number of carboxylic acids is 1. The SMILES string of the molecule is COc1ccc(C)cc1N(CCC(=O)O)CCN(C)C. The Morgan fingerprint density at radius 2 is 1.95 bits per heavy atom. The summed E-state index contributed by atoms with van der Waals surface area (Å²) in [7, 11) is 5.64. The molecule has 0 bridgehead atoms. The summed E-state index contributed by atoms with van der Waals surface area (Å²) in [5.41, 5.74) is 2.08. The summed E-state index contributed by atoms with van der Waals surface area (Å²) in [5.74, 6) is -0.00813. The molecule has 5 heteroatoms. The summed E-state index contributed by atoms with van der Waals surface area (Å²) >= 11 is 0. The lowest BCUT2D eigenvalue weighted by molar-refractivity contribution is -0.136. The van der Waals surface area contributed by atoms with Gasteiger partial charge in [-0.05, 0) is 38.7 Å². The highest BCUT2D eigenvalue weighted by Crippen LogP contribution is 2.29. The molecule has 0 saturated carbocycles. The van der Waals surface area contributed by atoms with Crippen LogP contribution in [0.4, 0.5) is 5.69 Å². The molecule has 1 aromatic rings. The summed E-state index contributed by atoms with van der Waals surface area (Å²) < 4.78 is 5.39. The first-order chi connectivity index (χ1) is 9.43. The van der Waals surface area contributed by atoms with Gasteiger partial charge >= 0.3 is 5.97 Å². The number of carboxylic acid groups (broad SMARTS) is 1. The van der Waals surface area contributed by atoms with Crippen molar-refractivity contribution in [1.29, 1.82) is 0 Å². The van der Waals surface area contributed by atoms with E-state index in [2.05, 4.69) is 9.80 Å². The van der Waals surface area contributed by atoms with Crippen LogP contribution in [0.15, 0.2) is 18.2 Å². The minimum absolute atomic E-state index is 0.116. The molecule has 1 aromatic carbocycles. The van der Waals surface area contributed by atoms with Crippen molar-refractivity contribution in [3.8, 4) is 5.75 Å². The molecule has 1 rings (SSSR count). The lowest BCUT2D eigenvalue weighted by Crippen LogP contribution is -2.33. The highest BCUT2D eigenvalue weighted by Gasteiger charge is 2.14. The van der Waals surface area contributed by atoms with Crippen molar-refractivity contribution in [3.05, 3.63) is 23.8 Å². The number of ether oxygens (including phenoxy) is 1. The predicted octanol–water partition coefficient (Wildman–Crippen LogP) is 1.85. The van der Waals surface area contributed by atoms with E-state index in [1.165, 1.54) is 0 Å². The van der Waals surface area contributed by atoms with Crippen LogP contribution in [0.25, 0.3) is 0 Å². The topological polar surface area (TPSA) is 53.0 Å². The first-order valence-electron chi connectivity index (χ1n) is 6.70. The van der Waals surface area contributed by atoms with Crippen LogP contribution in [0.1, 0.15) is 12.0 Å². The Morgan fingerprint density at radius 3 is 2.50 bits per heavy atom. The van der Waals surface area contributed by atoms with Crippen molar-refractivity contribution in [2.75, 3.05) is 45.7 Å². The average molecular weight is 280 g/mol. The molecule has 1 N–H and O–H groups in total. The third-order valence-corrected chi connectivity index (χ3v) is 3.09. The second kappa shape index (κ2) is 7.75. The van der Waals surface area contributed by atoms with Crippen molar-refractivity contribution in [3.63, 3.8) is 0 Å². The maximum Gasteiger partial charge on any atom is 0.305 e. The molecular formula is C15H24N2O3. The number of hydrogen-bond acceptors (Lipinski definition) is 4. The van der Waals surface area contributed by atoms with Crippen LogP contribution in [0.5, 0.6) is 5.75 Å². The number of methoxy groups -OCH3 is 1. The number of hydrogen-bond donors (Lipinski definition) is 1. The second-order valence-corrected chi connectivity index (χ2v) is 5.11.